The van der Waals surface area contributed by atoms with Gasteiger partial charge in [-0.2, -0.15) is 0 Å². The van der Waals surface area contributed by atoms with Crippen molar-refractivity contribution in [3.63, 3.8) is 0 Å². The Balaban J connectivity index is 0.00000196. The maximum atomic E-state index is 11.3. The first-order chi connectivity index (χ1) is 6.65. The number of aliphatic hydroxyl groups is 1. The van der Waals surface area contributed by atoms with Gasteiger partial charge in [0.15, 0.2) is 5.60 Å². The molecule has 1 atom stereocenters. The van der Waals surface area contributed by atoms with Crippen LogP contribution < -0.4 is 5.73 Å². The Labute approximate surface area is 94.5 Å². The Hall–Kier alpha value is -1.10. The average molecular weight is 232 g/mol. The predicted octanol–water partition coefficient (Wildman–Crippen LogP) is 0.428. The van der Waals surface area contributed by atoms with E-state index in [0.29, 0.717) is 5.56 Å². The van der Waals surface area contributed by atoms with Crippen molar-refractivity contribution in [1.82, 2.24) is 0 Å². The first-order valence-electron chi connectivity index (χ1n) is 4.21. The smallest absolute Gasteiger partial charge is 0.343 e. The summed E-state index contributed by atoms with van der Waals surface area (Å²) in [5, 5.41) is 9.96. The molecule has 0 radical (unpaired) electrons. The van der Waals surface area contributed by atoms with Crippen molar-refractivity contribution in [2.45, 2.75) is 5.60 Å². The van der Waals surface area contributed by atoms with Crippen LogP contribution in [0.5, 0.6) is 0 Å². The normalized spacial score (nSPS) is 13.5. The van der Waals surface area contributed by atoms with Gasteiger partial charge >= 0.3 is 5.97 Å². The van der Waals surface area contributed by atoms with Gasteiger partial charge in [0.2, 0.25) is 0 Å². The molecule has 0 spiro atoms. The van der Waals surface area contributed by atoms with Gasteiger partial charge in [-0.05, 0) is 5.56 Å². The van der Waals surface area contributed by atoms with Crippen molar-refractivity contribution in [3.05, 3.63) is 35.9 Å². The second-order valence-electron chi connectivity index (χ2n) is 2.92. The van der Waals surface area contributed by atoms with E-state index in [-0.39, 0.29) is 19.0 Å². The molecule has 4 nitrogen and oxygen atoms in total. The maximum absolute atomic E-state index is 11.3. The Morgan fingerprint density at radius 3 is 2.40 bits per heavy atom. The van der Waals surface area contributed by atoms with Crippen molar-refractivity contribution in [2.75, 3.05) is 13.7 Å². The van der Waals surface area contributed by atoms with E-state index in [9.17, 15) is 9.90 Å². The van der Waals surface area contributed by atoms with Crippen LogP contribution in [0, 0.1) is 0 Å². The van der Waals surface area contributed by atoms with Crippen LogP contribution in [-0.2, 0) is 15.1 Å². The first kappa shape index (κ1) is 13.9. The summed E-state index contributed by atoms with van der Waals surface area (Å²) >= 11 is 0. The van der Waals surface area contributed by atoms with Crippen molar-refractivity contribution in [2.24, 2.45) is 5.73 Å². The van der Waals surface area contributed by atoms with Gasteiger partial charge in [0.05, 0.1) is 7.11 Å². The van der Waals surface area contributed by atoms with Gasteiger partial charge in [0.1, 0.15) is 0 Å². The summed E-state index contributed by atoms with van der Waals surface area (Å²) in [6, 6.07) is 8.49. The molecule has 1 aromatic rings. The van der Waals surface area contributed by atoms with Gasteiger partial charge in [0, 0.05) is 6.54 Å². The summed E-state index contributed by atoms with van der Waals surface area (Å²) in [4.78, 5) is 11.3. The zero-order valence-corrected chi connectivity index (χ0v) is 9.16. The quantitative estimate of drug-likeness (QED) is 0.740. The lowest BCUT2D eigenvalue weighted by atomic mass is 9.94. The lowest BCUT2D eigenvalue weighted by molar-refractivity contribution is -0.162. The molecule has 1 aromatic carbocycles. The fourth-order valence-electron chi connectivity index (χ4n) is 1.20. The molecule has 3 N–H and O–H groups in total. The molecule has 0 heterocycles. The summed E-state index contributed by atoms with van der Waals surface area (Å²) in [6.07, 6.45) is 0. The second kappa shape index (κ2) is 5.70. The predicted molar refractivity (Wildman–Crippen MR) is 58.7 cm³/mol. The number of ether oxygens (including phenoxy) is 1. The lowest BCUT2D eigenvalue weighted by Gasteiger charge is -2.23. The van der Waals surface area contributed by atoms with Crippen LogP contribution in [0.15, 0.2) is 30.3 Å². The molecule has 0 aliphatic heterocycles. The zero-order chi connectivity index (χ0) is 10.6. The molecule has 0 amide bonds. The molecule has 0 fully saturated rings. The number of hydrogen-bond donors (Lipinski definition) is 2. The number of nitrogens with two attached hydrogens (primary N) is 1. The number of carbonyl (C=O) groups is 1. The third kappa shape index (κ3) is 2.68. The standard InChI is InChI=1S/C10H13NO3.ClH/c1-14-9(12)10(13,7-11)8-5-3-2-4-6-8;/h2-6,13H,7,11H2,1H3;1H. The van der Waals surface area contributed by atoms with Crippen LogP contribution in [0.2, 0.25) is 0 Å². The van der Waals surface area contributed by atoms with Gasteiger partial charge in [-0.1, -0.05) is 30.3 Å². The Morgan fingerprint density at radius 2 is 2.00 bits per heavy atom. The monoisotopic (exact) mass is 231 g/mol. The van der Waals surface area contributed by atoms with Gasteiger partial charge in [-0.3, -0.25) is 0 Å². The van der Waals surface area contributed by atoms with Gasteiger partial charge in [-0.25, -0.2) is 4.79 Å². The summed E-state index contributed by atoms with van der Waals surface area (Å²) in [5.41, 5.74) is 4.06. The highest BCUT2D eigenvalue weighted by Crippen LogP contribution is 2.20. The number of methoxy groups -OCH3 is 1. The fourth-order valence-corrected chi connectivity index (χ4v) is 1.20. The van der Waals surface area contributed by atoms with Gasteiger partial charge in [-0.15, -0.1) is 12.4 Å². The molecular formula is C10H14ClNO3. The molecule has 1 unspecified atom stereocenters. The minimum absolute atomic E-state index is 0. The number of rotatable bonds is 3. The van der Waals surface area contributed by atoms with E-state index < -0.39 is 11.6 Å². The van der Waals surface area contributed by atoms with E-state index in [1.807, 2.05) is 0 Å². The lowest BCUT2D eigenvalue weighted by Crippen LogP contribution is -2.43. The van der Waals surface area contributed by atoms with Crippen LogP contribution in [0.1, 0.15) is 5.56 Å². The Kier molecular flexibility index (Phi) is 5.28. The third-order valence-electron chi connectivity index (χ3n) is 2.07. The SMILES string of the molecule is COC(=O)C(O)(CN)c1ccccc1.Cl. The van der Waals surface area contributed by atoms with Crippen molar-refractivity contribution < 1.29 is 14.6 Å². The van der Waals surface area contributed by atoms with Crippen LogP contribution >= 0.6 is 12.4 Å². The van der Waals surface area contributed by atoms with E-state index >= 15 is 0 Å². The minimum atomic E-state index is -1.74. The molecule has 84 valence electrons. The number of benzene rings is 1. The molecule has 0 aliphatic carbocycles. The molecule has 0 bridgehead atoms. The van der Waals surface area contributed by atoms with Crippen LogP contribution in [0.3, 0.4) is 0 Å². The Morgan fingerprint density at radius 1 is 1.47 bits per heavy atom. The van der Waals surface area contributed by atoms with Crippen molar-refractivity contribution in [1.29, 1.82) is 0 Å². The van der Waals surface area contributed by atoms with E-state index in [1.54, 1.807) is 30.3 Å². The van der Waals surface area contributed by atoms with E-state index in [4.69, 9.17) is 5.73 Å². The van der Waals surface area contributed by atoms with E-state index in [1.165, 1.54) is 7.11 Å². The van der Waals surface area contributed by atoms with E-state index in [0.717, 1.165) is 0 Å². The summed E-state index contributed by atoms with van der Waals surface area (Å²) in [7, 11) is 1.21. The summed E-state index contributed by atoms with van der Waals surface area (Å²) < 4.78 is 4.49. The topological polar surface area (TPSA) is 72.5 Å². The number of hydrogen-bond acceptors (Lipinski definition) is 4. The molecule has 1 rings (SSSR count). The fraction of sp³-hybridized carbons (Fsp3) is 0.300. The molecule has 0 saturated carbocycles. The number of carbonyl (C=O) groups excluding carboxylic acids is 1. The van der Waals surface area contributed by atoms with Crippen molar-refractivity contribution >= 4 is 18.4 Å². The number of esters is 1. The molecule has 5 heteroatoms. The molecule has 15 heavy (non-hydrogen) atoms. The van der Waals surface area contributed by atoms with Crippen LogP contribution in [0.4, 0.5) is 0 Å². The maximum Gasteiger partial charge on any atom is 0.343 e. The number of halogens is 1. The highest BCUT2D eigenvalue weighted by atomic mass is 35.5. The molecular weight excluding hydrogens is 218 g/mol. The average Bonchev–Trinajstić information content (AvgIpc) is 2.28. The molecule has 0 aromatic heterocycles. The van der Waals surface area contributed by atoms with Gasteiger partial charge in [0.25, 0.3) is 0 Å². The van der Waals surface area contributed by atoms with Gasteiger partial charge < -0.3 is 15.6 Å². The van der Waals surface area contributed by atoms with Crippen molar-refractivity contribution in [3.8, 4) is 0 Å². The molecule has 0 saturated heterocycles. The first-order valence-corrected chi connectivity index (χ1v) is 4.21. The highest BCUT2D eigenvalue weighted by molar-refractivity contribution is 5.85. The minimum Gasteiger partial charge on any atom is -0.467 e. The largest absolute Gasteiger partial charge is 0.467 e. The molecule has 0 aliphatic rings. The summed E-state index contributed by atoms with van der Waals surface area (Å²) in [5.74, 6) is -0.744. The zero-order valence-electron chi connectivity index (χ0n) is 8.34. The van der Waals surface area contributed by atoms with Crippen LogP contribution in [-0.4, -0.2) is 24.7 Å². The Bertz CT molecular complexity index is 318. The summed E-state index contributed by atoms with van der Waals surface area (Å²) in [6.45, 7) is -0.205. The highest BCUT2D eigenvalue weighted by Gasteiger charge is 2.37. The van der Waals surface area contributed by atoms with Crippen LogP contribution in [0.25, 0.3) is 0 Å². The van der Waals surface area contributed by atoms with E-state index in [2.05, 4.69) is 4.74 Å². The third-order valence-corrected chi connectivity index (χ3v) is 2.07. The second-order valence-corrected chi connectivity index (χ2v) is 2.92.